The van der Waals surface area contributed by atoms with Crippen LogP contribution < -0.4 is 10.6 Å². The molecule has 3 aliphatic rings. The molecule has 532 valence electrons. The van der Waals surface area contributed by atoms with E-state index in [1.807, 2.05) is 6.08 Å². The first-order valence-corrected chi connectivity index (χ1v) is 35.2. The molecule has 18 unspecified atom stereocenters. The van der Waals surface area contributed by atoms with E-state index in [2.05, 4.69) is 36.6 Å². The topological polar surface area (TPSA) is 373 Å². The van der Waals surface area contributed by atoms with E-state index in [1.54, 1.807) is 6.08 Å². The third-order valence-electron chi connectivity index (χ3n) is 17.9. The van der Waals surface area contributed by atoms with E-state index in [4.69, 9.17) is 28.4 Å². The highest BCUT2D eigenvalue weighted by atomic mass is 16.8. The fourth-order valence-corrected chi connectivity index (χ4v) is 12.2. The van der Waals surface area contributed by atoms with E-state index < -0.39 is 155 Å². The van der Waals surface area contributed by atoms with Crippen LogP contribution in [0.25, 0.3) is 0 Å². The summed E-state index contributed by atoms with van der Waals surface area (Å²) >= 11 is 0. The molecular formula is C68H124N2O21. The Morgan fingerprint density at radius 3 is 1.51 bits per heavy atom. The molecule has 23 nitrogen and oxygen atoms in total. The molecule has 0 aromatic heterocycles. The lowest BCUT2D eigenvalue weighted by atomic mass is 9.88. The highest BCUT2D eigenvalue weighted by molar-refractivity contribution is 5.77. The first-order chi connectivity index (χ1) is 43.9. The molecule has 14 N–H and O–H groups in total. The van der Waals surface area contributed by atoms with Gasteiger partial charge in [0.25, 0.3) is 5.79 Å². The lowest BCUT2D eigenvalue weighted by Crippen LogP contribution is -2.70. The van der Waals surface area contributed by atoms with E-state index >= 15 is 0 Å². The number of aliphatic hydroxyl groups is 11. The molecule has 0 aliphatic carbocycles. The molecule has 0 saturated carbocycles. The number of carboxylic acid groups (broad SMARTS) is 1. The van der Waals surface area contributed by atoms with Crippen molar-refractivity contribution in [3.8, 4) is 0 Å². The molecule has 2 amide bonds. The predicted octanol–water partition coefficient (Wildman–Crippen LogP) is 6.45. The number of hydrogen-bond donors (Lipinski definition) is 14. The van der Waals surface area contributed by atoms with Crippen LogP contribution in [-0.2, 0) is 42.8 Å². The van der Waals surface area contributed by atoms with Crippen molar-refractivity contribution in [1.29, 1.82) is 0 Å². The highest BCUT2D eigenvalue weighted by Gasteiger charge is 2.60. The Kier molecular flexibility index (Phi) is 44.2. The van der Waals surface area contributed by atoms with Crippen molar-refractivity contribution in [2.75, 3.05) is 26.4 Å². The number of allylic oxidation sites excluding steroid dienone is 3. The van der Waals surface area contributed by atoms with Crippen LogP contribution in [-0.4, -0.2) is 215 Å². The predicted molar refractivity (Wildman–Crippen MR) is 343 cm³/mol. The molecule has 0 radical (unpaired) electrons. The number of carboxylic acids is 1. The van der Waals surface area contributed by atoms with Crippen molar-refractivity contribution in [2.45, 2.75) is 362 Å². The van der Waals surface area contributed by atoms with Crippen LogP contribution in [0.15, 0.2) is 24.3 Å². The van der Waals surface area contributed by atoms with Crippen molar-refractivity contribution in [1.82, 2.24) is 10.6 Å². The molecule has 3 fully saturated rings. The first kappa shape index (κ1) is 82.4. The Balaban J connectivity index is 1.60. The molecule has 3 heterocycles. The third kappa shape index (κ3) is 31.3. The Hall–Kier alpha value is -2.79. The fourth-order valence-electron chi connectivity index (χ4n) is 12.2. The SMILES string of the molecule is CCCCCC/C=C\CCCCCCCCCC(=O)NC(COC1OC(CO)C(OC2OC(CO)C(O)C(OC3(C(=O)O)CC(O)C(NC(C)=O)C(C(O)C(O)CO)O3)C2O)C(O)C1O)C(O)/C=C/CCCCCCCCCCCCCCCCCCCCCC. The summed E-state index contributed by atoms with van der Waals surface area (Å²) in [6.45, 7) is 2.13. The second-order valence-electron chi connectivity index (χ2n) is 25.7. The van der Waals surface area contributed by atoms with Gasteiger partial charge < -0.3 is 100 Å². The first-order valence-electron chi connectivity index (χ1n) is 35.2. The smallest absolute Gasteiger partial charge is 0.364 e. The van der Waals surface area contributed by atoms with Crippen molar-refractivity contribution < 1.29 is 104 Å². The maximum absolute atomic E-state index is 13.4. The minimum Gasteiger partial charge on any atom is -0.477 e. The van der Waals surface area contributed by atoms with Crippen LogP contribution in [0.2, 0.25) is 0 Å². The van der Waals surface area contributed by atoms with Crippen LogP contribution in [0.3, 0.4) is 0 Å². The fraction of sp³-hybridized carbons (Fsp3) is 0.897. The zero-order valence-electron chi connectivity index (χ0n) is 55.4. The van der Waals surface area contributed by atoms with Crippen molar-refractivity contribution in [3.05, 3.63) is 24.3 Å². The summed E-state index contributed by atoms with van der Waals surface area (Å²) < 4.78 is 34.8. The molecule has 3 rings (SSSR count). The monoisotopic (exact) mass is 1300 g/mol. The number of carbonyl (C=O) groups is 3. The summed E-state index contributed by atoms with van der Waals surface area (Å²) in [5, 5.41) is 136. The maximum Gasteiger partial charge on any atom is 0.364 e. The highest BCUT2D eigenvalue weighted by Crippen LogP contribution is 2.39. The molecule has 0 aromatic rings. The lowest BCUT2D eigenvalue weighted by Gasteiger charge is -2.50. The number of ether oxygens (including phenoxy) is 6. The molecule has 23 heteroatoms. The quantitative estimate of drug-likeness (QED) is 0.0230. The van der Waals surface area contributed by atoms with E-state index in [0.717, 1.165) is 77.6 Å². The standard InChI is InChI=1S/C68H124N2O21/c1-4-6-8-10-12-14-16-18-20-21-22-23-24-25-26-28-29-31-33-35-37-39-41-50(75)49(70-55(78)42-40-38-36-34-32-30-27-19-17-15-13-11-9-7-5-2)47-86-65-60(82)59(81)62(54(46-73)88-65)89-66-61(83)64(58(80)53(45-72)87-66)91-68(67(84)85)43-51(76)56(69-48(3)74)63(90-68)57(79)52(77)44-71/h15,17,39,41,49-54,56-66,71-73,75-77,79-83H,4-14,16,18-38,40,42-47H2,1-3H3,(H,69,74)(H,70,78)(H,84,85)/b17-15-,41-39+. The lowest BCUT2D eigenvalue weighted by molar-refractivity contribution is -0.386. The Labute approximate surface area is 543 Å². The van der Waals surface area contributed by atoms with E-state index in [1.165, 1.54) is 135 Å². The second kappa shape index (κ2) is 48.8. The maximum atomic E-state index is 13.4. The number of nitrogens with one attached hydrogen (secondary N) is 2. The van der Waals surface area contributed by atoms with Crippen LogP contribution in [0.5, 0.6) is 0 Å². The van der Waals surface area contributed by atoms with E-state index in [0.29, 0.717) is 12.8 Å². The average molecular weight is 1310 g/mol. The summed E-state index contributed by atoms with van der Waals surface area (Å²) in [5.41, 5.74) is 0. The minimum absolute atomic E-state index is 0.196. The van der Waals surface area contributed by atoms with Crippen LogP contribution in [0, 0.1) is 0 Å². The summed E-state index contributed by atoms with van der Waals surface area (Å²) in [7, 11) is 0. The van der Waals surface area contributed by atoms with Gasteiger partial charge in [-0.2, -0.15) is 0 Å². The minimum atomic E-state index is -3.08. The summed E-state index contributed by atoms with van der Waals surface area (Å²) in [5.74, 6) is -6.15. The van der Waals surface area contributed by atoms with Gasteiger partial charge in [-0.3, -0.25) is 9.59 Å². The van der Waals surface area contributed by atoms with Gasteiger partial charge in [-0.05, 0) is 44.9 Å². The molecule has 0 spiro atoms. The Morgan fingerprint density at radius 1 is 0.571 bits per heavy atom. The van der Waals surface area contributed by atoms with Crippen molar-refractivity contribution in [2.24, 2.45) is 0 Å². The van der Waals surface area contributed by atoms with Gasteiger partial charge in [-0.15, -0.1) is 0 Å². The summed E-state index contributed by atoms with van der Waals surface area (Å²) in [6, 6.07) is -2.62. The number of rotatable bonds is 53. The average Bonchev–Trinajstić information content (AvgIpc) is 0.768. The van der Waals surface area contributed by atoms with Gasteiger partial charge in [0.1, 0.15) is 67.1 Å². The molecular weight excluding hydrogens is 1180 g/mol. The second-order valence-corrected chi connectivity index (χ2v) is 25.7. The third-order valence-corrected chi connectivity index (χ3v) is 17.9. The number of aliphatic hydroxyl groups excluding tert-OH is 11. The Bertz CT molecular complexity index is 1940. The number of amides is 2. The van der Waals surface area contributed by atoms with Crippen LogP contribution in [0.1, 0.15) is 252 Å². The van der Waals surface area contributed by atoms with Gasteiger partial charge in [-0.1, -0.05) is 212 Å². The zero-order chi connectivity index (χ0) is 66.8. The molecule has 3 aliphatic heterocycles. The molecule has 3 saturated heterocycles. The summed E-state index contributed by atoms with van der Waals surface area (Å²) in [6.07, 6.45) is 19.3. The van der Waals surface area contributed by atoms with E-state index in [9.17, 15) is 75.7 Å². The van der Waals surface area contributed by atoms with Gasteiger partial charge >= 0.3 is 5.97 Å². The van der Waals surface area contributed by atoms with Crippen molar-refractivity contribution >= 4 is 17.8 Å². The summed E-state index contributed by atoms with van der Waals surface area (Å²) in [4.78, 5) is 38.5. The van der Waals surface area contributed by atoms with Gasteiger partial charge in [-0.25, -0.2) is 4.79 Å². The largest absolute Gasteiger partial charge is 0.477 e. The molecule has 91 heavy (non-hydrogen) atoms. The molecule has 0 bridgehead atoms. The molecule has 0 aromatic carbocycles. The number of aliphatic carboxylic acids is 1. The number of carbonyl (C=O) groups excluding carboxylic acids is 2. The Morgan fingerprint density at radius 2 is 1.03 bits per heavy atom. The van der Waals surface area contributed by atoms with Crippen LogP contribution >= 0.6 is 0 Å². The zero-order valence-corrected chi connectivity index (χ0v) is 55.4. The van der Waals surface area contributed by atoms with Crippen LogP contribution in [0.4, 0.5) is 0 Å². The normalized spacial score (nSPS) is 28.5. The number of hydrogen-bond acceptors (Lipinski definition) is 20. The molecule has 18 atom stereocenters. The van der Waals surface area contributed by atoms with Gasteiger partial charge in [0.05, 0.1) is 50.7 Å². The van der Waals surface area contributed by atoms with Gasteiger partial charge in [0.2, 0.25) is 11.8 Å². The van der Waals surface area contributed by atoms with E-state index in [-0.39, 0.29) is 12.3 Å². The van der Waals surface area contributed by atoms with Gasteiger partial charge in [0.15, 0.2) is 12.6 Å². The number of unbranched alkanes of at least 4 members (excludes halogenated alkanes) is 31. The van der Waals surface area contributed by atoms with Gasteiger partial charge in [0, 0.05) is 19.8 Å². The van der Waals surface area contributed by atoms with Crippen molar-refractivity contribution in [3.63, 3.8) is 0 Å².